The third-order valence-electron chi connectivity index (χ3n) is 2.86. The van der Waals surface area contributed by atoms with Gasteiger partial charge < -0.3 is 4.74 Å². The van der Waals surface area contributed by atoms with Crippen LogP contribution in [0.3, 0.4) is 0 Å². The van der Waals surface area contributed by atoms with Crippen molar-refractivity contribution >= 4 is 15.9 Å². The van der Waals surface area contributed by atoms with Gasteiger partial charge in [-0.1, -0.05) is 15.9 Å². The van der Waals surface area contributed by atoms with E-state index in [1.165, 1.54) is 25.7 Å². The van der Waals surface area contributed by atoms with E-state index in [1.54, 1.807) is 0 Å². The summed E-state index contributed by atoms with van der Waals surface area (Å²) in [6, 6.07) is 0. The lowest BCUT2D eigenvalue weighted by Gasteiger charge is -2.48. The fourth-order valence-corrected chi connectivity index (χ4v) is 3.47. The Kier molecular flexibility index (Phi) is 1.77. The normalized spacial score (nSPS) is 32.1. The minimum absolute atomic E-state index is 0.701. The van der Waals surface area contributed by atoms with Gasteiger partial charge in [0.25, 0.3) is 0 Å². The van der Waals surface area contributed by atoms with Crippen molar-refractivity contribution < 1.29 is 4.74 Å². The van der Waals surface area contributed by atoms with Gasteiger partial charge in [0.1, 0.15) is 0 Å². The lowest BCUT2D eigenvalue weighted by Crippen LogP contribution is -2.42. The molecule has 1 heterocycles. The number of halogens is 1. The summed E-state index contributed by atoms with van der Waals surface area (Å²) in [5, 5.41) is 0. The molecule has 0 aromatic heterocycles. The van der Waals surface area contributed by atoms with E-state index >= 15 is 0 Å². The van der Waals surface area contributed by atoms with Crippen molar-refractivity contribution in [1.82, 2.24) is 0 Å². The molecule has 1 saturated carbocycles. The highest BCUT2D eigenvalue weighted by Crippen LogP contribution is 2.51. The van der Waals surface area contributed by atoms with Crippen LogP contribution in [0.25, 0.3) is 0 Å². The minimum Gasteiger partial charge on any atom is -0.381 e. The first-order valence-corrected chi connectivity index (χ1v) is 4.94. The summed E-state index contributed by atoms with van der Waals surface area (Å²) < 4.78 is 5.32. The third kappa shape index (κ3) is 1.12. The molecule has 0 amide bonds. The van der Waals surface area contributed by atoms with Gasteiger partial charge in [0.05, 0.1) is 0 Å². The van der Waals surface area contributed by atoms with E-state index in [0.29, 0.717) is 5.41 Å². The summed E-state index contributed by atoms with van der Waals surface area (Å²) in [5.74, 6) is 0. The molecule has 2 fully saturated rings. The van der Waals surface area contributed by atoms with Crippen molar-refractivity contribution in [2.45, 2.75) is 30.5 Å². The molecule has 1 nitrogen and oxygen atoms in total. The molecule has 0 aromatic carbocycles. The smallest absolute Gasteiger partial charge is 0.0471 e. The first kappa shape index (κ1) is 7.11. The van der Waals surface area contributed by atoms with Gasteiger partial charge in [-0.25, -0.2) is 0 Å². The monoisotopic (exact) mass is 204 g/mol. The highest BCUT2D eigenvalue weighted by atomic mass is 79.9. The predicted octanol–water partition coefficient (Wildman–Crippen LogP) is 2.34. The van der Waals surface area contributed by atoms with Crippen molar-refractivity contribution in [2.75, 3.05) is 13.2 Å². The molecule has 0 N–H and O–H groups in total. The fourth-order valence-electron chi connectivity index (χ4n) is 2.09. The van der Waals surface area contributed by atoms with Crippen LogP contribution in [0.5, 0.6) is 0 Å². The molecule has 1 aliphatic heterocycles. The van der Waals surface area contributed by atoms with Crippen LogP contribution in [0, 0.1) is 5.41 Å². The Labute approximate surface area is 70.3 Å². The van der Waals surface area contributed by atoms with Crippen LogP contribution in [0.15, 0.2) is 0 Å². The first-order valence-electron chi connectivity index (χ1n) is 4.03. The molecule has 10 heavy (non-hydrogen) atoms. The maximum atomic E-state index is 5.32. The van der Waals surface area contributed by atoms with Crippen LogP contribution in [0.4, 0.5) is 0 Å². The average Bonchev–Trinajstić information content (AvgIpc) is 1.87. The van der Waals surface area contributed by atoms with Gasteiger partial charge in [-0.2, -0.15) is 0 Å². The maximum Gasteiger partial charge on any atom is 0.0471 e. The van der Waals surface area contributed by atoms with Crippen molar-refractivity contribution in [3.05, 3.63) is 0 Å². The van der Waals surface area contributed by atoms with Crippen LogP contribution >= 0.6 is 15.9 Å². The second-order valence-corrected chi connectivity index (χ2v) is 4.91. The molecule has 2 rings (SSSR count). The Bertz CT molecular complexity index is 114. The standard InChI is InChI=1S/C8H13BrO/c9-7-5-8(6-7)1-3-10-4-2-8/h7H,1-6H2. The topological polar surface area (TPSA) is 9.23 Å². The molecule has 1 saturated heterocycles. The highest BCUT2D eigenvalue weighted by Gasteiger charge is 2.43. The highest BCUT2D eigenvalue weighted by molar-refractivity contribution is 9.09. The van der Waals surface area contributed by atoms with E-state index in [4.69, 9.17) is 4.74 Å². The molecular weight excluding hydrogens is 192 g/mol. The first-order chi connectivity index (χ1) is 4.81. The molecular formula is C8H13BrO. The SMILES string of the molecule is BrC1CC2(CCOCC2)C1. The van der Waals surface area contributed by atoms with Crippen molar-refractivity contribution in [2.24, 2.45) is 5.41 Å². The summed E-state index contributed by atoms with van der Waals surface area (Å²) >= 11 is 3.63. The zero-order valence-electron chi connectivity index (χ0n) is 6.11. The number of alkyl halides is 1. The lowest BCUT2D eigenvalue weighted by molar-refractivity contribution is -0.0239. The second-order valence-electron chi connectivity index (χ2n) is 3.62. The van der Waals surface area contributed by atoms with Gasteiger partial charge in [-0.15, -0.1) is 0 Å². The molecule has 1 spiro atoms. The summed E-state index contributed by atoms with van der Waals surface area (Å²) in [5.41, 5.74) is 0.701. The average molecular weight is 205 g/mol. The van der Waals surface area contributed by atoms with Gasteiger partial charge in [0.15, 0.2) is 0 Å². The number of rotatable bonds is 0. The van der Waals surface area contributed by atoms with Gasteiger partial charge in [-0.3, -0.25) is 0 Å². The molecule has 0 radical (unpaired) electrons. The number of hydrogen-bond acceptors (Lipinski definition) is 1. The molecule has 2 heteroatoms. The van der Waals surface area contributed by atoms with Crippen LogP contribution in [-0.4, -0.2) is 18.0 Å². The summed E-state index contributed by atoms with van der Waals surface area (Å²) in [6.07, 6.45) is 5.37. The van der Waals surface area contributed by atoms with Gasteiger partial charge >= 0.3 is 0 Å². The third-order valence-corrected chi connectivity index (χ3v) is 3.51. The van der Waals surface area contributed by atoms with E-state index in [2.05, 4.69) is 15.9 Å². The summed E-state index contributed by atoms with van der Waals surface area (Å²) in [7, 11) is 0. The zero-order chi connectivity index (χ0) is 7.03. The Morgan fingerprint density at radius 3 is 2.30 bits per heavy atom. The zero-order valence-corrected chi connectivity index (χ0v) is 7.69. The van der Waals surface area contributed by atoms with Crippen LogP contribution in [-0.2, 0) is 4.74 Å². The summed E-state index contributed by atoms with van der Waals surface area (Å²) in [4.78, 5) is 0.811. The Morgan fingerprint density at radius 2 is 1.80 bits per heavy atom. The molecule has 0 bridgehead atoms. The Balaban J connectivity index is 1.90. The van der Waals surface area contributed by atoms with Gasteiger partial charge in [0, 0.05) is 18.0 Å². The lowest BCUT2D eigenvalue weighted by atomic mass is 9.64. The second kappa shape index (κ2) is 2.49. The Morgan fingerprint density at radius 1 is 1.20 bits per heavy atom. The number of hydrogen-bond donors (Lipinski definition) is 0. The quantitative estimate of drug-likeness (QED) is 0.551. The van der Waals surface area contributed by atoms with E-state index < -0.39 is 0 Å². The molecule has 0 aromatic rings. The Hall–Kier alpha value is 0.440. The molecule has 1 aliphatic carbocycles. The number of ether oxygens (including phenoxy) is 1. The molecule has 2 aliphatic rings. The van der Waals surface area contributed by atoms with E-state index in [1.807, 2.05) is 0 Å². The fraction of sp³-hybridized carbons (Fsp3) is 1.00. The predicted molar refractivity (Wildman–Crippen MR) is 44.4 cm³/mol. The van der Waals surface area contributed by atoms with E-state index in [9.17, 15) is 0 Å². The summed E-state index contributed by atoms with van der Waals surface area (Å²) in [6.45, 7) is 2.00. The molecule has 0 unspecified atom stereocenters. The van der Waals surface area contributed by atoms with Crippen molar-refractivity contribution in [3.8, 4) is 0 Å². The van der Waals surface area contributed by atoms with Crippen LogP contribution < -0.4 is 0 Å². The van der Waals surface area contributed by atoms with Gasteiger partial charge in [0.2, 0.25) is 0 Å². The van der Waals surface area contributed by atoms with Gasteiger partial charge in [-0.05, 0) is 31.1 Å². The van der Waals surface area contributed by atoms with Crippen molar-refractivity contribution in [3.63, 3.8) is 0 Å². The van der Waals surface area contributed by atoms with Crippen LogP contribution in [0.1, 0.15) is 25.7 Å². The van der Waals surface area contributed by atoms with Crippen LogP contribution in [0.2, 0.25) is 0 Å². The largest absolute Gasteiger partial charge is 0.381 e. The van der Waals surface area contributed by atoms with E-state index in [0.717, 1.165) is 18.0 Å². The van der Waals surface area contributed by atoms with Crippen molar-refractivity contribution in [1.29, 1.82) is 0 Å². The minimum atomic E-state index is 0.701. The molecule has 0 atom stereocenters. The van der Waals surface area contributed by atoms with E-state index in [-0.39, 0.29) is 0 Å². The maximum absolute atomic E-state index is 5.32. The molecule has 58 valence electrons.